The fourth-order valence-electron chi connectivity index (χ4n) is 2.81. The number of halogens is 1. The first-order valence-electron chi connectivity index (χ1n) is 7.30. The Morgan fingerprint density at radius 2 is 2.19 bits per heavy atom. The summed E-state index contributed by atoms with van der Waals surface area (Å²) >= 11 is 7.40. The van der Waals surface area contributed by atoms with Gasteiger partial charge in [-0.15, -0.1) is 11.3 Å². The highest BCUT2D eigenvalue weighted by Crippen LogP contribution is 2.26. The van der Waals surface area contributed by atoms with Crippen LogP contribution in [0.25, 0.3) is 0 Å². The van der Waals surface area contributed by atoms with Gasteiger partial charge in [-0.05, 0) is 37.9 Å². The van der Waals surface area contributed by atoms with Crippen LogP contribution in [0.5, 0.6) is 0 Å². The van der Waals surface area contributed by atoms with Crippen LogP contribution in [-0.2, 0) is 11.3 Å². The average molecular weight is 331 g/mol. The number of likely N-dealkylation sites (N-methyl/N-ethyl adjacent to an activating group) is 2. The summed E-state index contributed by atoms with van der Waals surface area (Å²) in [5, 5.41) is 9.85. The predicted octanol–water partition coefficient (Wildman–Crippen LogP) is 2.45. The topological polar surface area (TPSA) is 43.8 Å². The van der Waals surface area contributed by atoms with Crippen molar-refractivity contribution in [1.82, 2.24) is 9.80 Å². The Balaban J connectivity index is 1.77. The van der Waals surface area contributed by atoms with Crippen molar-refractivity contribution in [1.29, 1.82) is 0 Å². The standard InChI is InChI=1S/C15H23ClN2O2S/c1-17(8-11-4-3-5-13(11)19)10-15(20)18(2)9-12-6-7-14(16)21-12/h6-7,11,13,19H,3-5,8-10H2,1-2H3. The van der Waals surface area contributed by atoms with Crippen LogP contribution in [0.2, 0.25) is 4.34 Å². The Labute approximate surface area is 135 Å². The quantitative estimate of drug-likeness (QED) is 0.871. The summed E-state index contributed by atoms with van der Waals surface area (Å²) in [6.45, 7) is 1.76. The molecule has 1 N–H and O–H groups in total. The minimum absolute atomic E-state index is 0.0921. The molecule has 4 nitrogen and oxygen atoms in total. The molecular weight excluding hydrogens is 308 g/mol. The molecule has 21 heavy (non-hydrogen) atoms. The lowest BCUT2D eigenvalue weighted by atomic mass is 10.1. The van der Waals surface area contributed by atoms with Crippen molar-refractivity contribution in [2.45, 2.75) is 31.9 Å². The molecule has 0 radical (unpaired) electrons. The van der Waals surface area contributed by atoms with E-state index in [-0.39, 0.29) is 12.0 Å². The van der Waals surface area contributed by atoms with Gasteiger partial charge in [-0.2, -0.15) is 0 Å². The van der Waals surface area contributed by atoms with E-state index in [0.29, 0.717) is 19.0 Å². The number of thiophene rings is 1. The second kappa shape index (κ2) is 7.58. The van der Waals surface area contributed by atoms with Crippen molar-refractivity contribution in [2.75, 3.05) is 27.2 Å². The molecule has 0 aromatic carbocycles. The largest absolute Gasteiger partial charge is 0.393 e. The fraction of sp³-hybridized carbons (Fsp3) is 0.667. The van der Waals surface area contributed by atoms with E-state index >= 15 is 0 Å². The number of carbonyl (C=O) groups excluding carboxylic acids is 1. The molecule has 1 fully saturated rings. The summed E-state index contributed by atoms with van der Waals surface area (Å²) in [4.78, 5) is 17.0. The molecule has 1 aliphatic rings. The highest BCUT2D eigenvalue weighted by atomic mass is 35.5. The van der Waals surface area contributed by atoms with Crippen LogP contribution in [-0.4, -0.2) is 54.1 Å². The van der Waals surface area contributed by atoms with Crippen molar-refractivity contribution in [3.05, 3.63) is 21.3 Å². The van der Waals surface area contributed by atoms with Crippen molar-refractivity contribution in [2.24, 2.45) is 5.92 Å². The normalized spacial score (nSPS) is 22.0. The third-order valence-electron chi connectivity index (χ3n) is 4.02. The van der Waals surface area contributed by atoms with E-state index in [2.05, 4.69) is 0 Å². The number of hydrogen-bond acceptors (Lipinski definition) is 4. The van der Waals surface area contributed by atoms with Gasteiger partial charge in [0.15, 0.2) is 0 Å². The number of aliphatic hydroxyl groups excluding tert-OH is 1. The van der Waals surface area contributed by atoms with Gasteiger partial charge < -0.3 is 10.0 Å². The zero-order chi connectivity index (χ0) is 15.4. The Morgan fingerprint density at radius 1 is 1.43 bits per heavy atom. The highest BCUT2D eigenvalue weighted by Gasteiger charge is 2.26. The molecular formula is C15H23ClN2O2S. The zero-order valence-electron chi connectivity index (χ0n) is 12.6. The third kappa shape index (κ3) is 4.95. The summed E-state index contributed by atoms with van der Waals surface area (Å²) < 4.78 is 0.748. The summed E-state index contributed by atoms with van der Waals surface area (Å²) in [6, 6.07) is 3.81. The molecule has 0 spiro atoms. The molecule has 1 aromatic rings. The SMILES string of the molecule is CN(CC(=O)N(C)Cc1ccc(Cl)s1)CC1CCCC1O. The molecule has 0 aliphatic heterocycles. The summed E-state index contributed by atoms with van der Waals surface area (Å²) in [5.74, 6) is 0.402. The first-order valence-corrected chi connectivity index (χ1v) is 8.50. The van der Waals surface area contributed by atoms with E-state index in [4.69, 9.17) is 11.6 Å². The van der Waals surface area contributed by atoms with Crippen LogP contribution in [0.15, 0.2) is 12.1 Å². The van der Waals surface area contributed by atoms with E-state index < -0.39 is 0 Å². The minimum atomic E-state index is -0.200. The Morgan fingerprint density at radius 3 is 2.76 bits per heavy atom. The number of aliphatic hydroxyl groups is 1. The van der Waals surface area contributed by atoms with Gasteiger partial charge in [0.05, 0.1) is 23.5 Å². The summed E-state index contributed by atoms with van der Waals surface area (Å²) in [5.41, 5.74) is 0. The van der Waals surface area contributed by atoms with Gasteiger partial charge in [0, 0.05) is 18.5 Å². The maximum absolute atomic E-state index is 12.2. The van der Waals surface area contributed by atoms with Crippen molar-refractivity contribution in [3.8, 4) is 0 Å². The minimum Gasteiger partial charge on any atom is -0.393 e. The Bertz CT molecular complexity index is 480. The van der Waals surface area contributed by atoms with Crippen LogP contribution in [0, 0.1) is 5.92 Å². The van der Waals surface area contributed by atoms with Gasteiger partial charge in [0.1, 0.15) is 0 Å². The fourth-order valence-corrected chi connectivity index (χ4v) is 3.95. The lowest BCUT2D eigenvalue weighted by molar-refractivity contribution is -0.131. The molecule has 1 aromatic heterocycles. The highest BCUT2D eigenvalue weighted by molar-refractivity contribution is 7.16. The third-order valence-corrected chi connectivity index (χ3v) is 5.23. The maximum atomic E-state index is 12.2. The van der Waals surface area contributed by atoms with Crippen molar-refractivity contribution in [3.63, 3.8) is 0 Å². The van der Waals surface area contributed by atoms with Gasteiger partial charge in [-0.1, -0.05) is 18.0 Å². The molecule has 0 saturated heterocycles. The molecule has 0 bridgehead atoms. The average Bonchev–Trinajstić information content (AvgIpc) is 2.99. The second-order valence-corrected chi connectivity index (χ2v) is 7.71. The molecule has 2 unspecified atom stereocenters. The molecule has 118 valence electrons. The molecule has 6 heteroatoms. The molecule has 1 aliphatic carbocycles. The number of rotatable bonds is 6. The van der Waals surface area contributed by atoms with E-state index in [9.17, 15) is 9.90 Å². The molecule has 1 amide bonds. The second-order valence-electron chi connectivity index (χ2n) is 5.91. The first-order chi connectivity index (χ1) is 9.95. The molecule has 2 atom stereocenters. The maximum Gasteiger partial charge on any atom is 0.236 e. The Kier molecular flexibility index (Phi) is 6.05. The number of carbonyl (C=O) groups is 1. The zero-order valence-corrected chi connectivity index (χ0v) is 14.2. The monoisotopic (exact) mass is 330 g/mol. The predicted molar refractivity (Wildman–Crippen MR) is 86.6 cm³/mol. The van der Waals surface area contributed by atoms with Crippen LogP contribution >= 0.6 is 22.9 Å². The van der Waals surface area contributed by atoms with Gasteiger partial charge in [0.25, 0.3) is 0 Å². The summed E-state index contributed by atoms with van der Waals surface area (Å²) in [6.07, 6.45) is 2.84. The number of nitrogens with zero attached hydrogens (tertiary/aromatic N) is 2. The van der Waals surface area contributed by atoms with E-state index in [1.165, 1.54) is 11.3 Å². The smallest absolute Gasteiger partial charge is 0.236 e. The lowest BCUT2D eigenvalue weighted by Gasteiger charge is -2.25. The van der Waals surface area contributed by atoms with E-state index in [0.717, 1.165) is 35.0 Å². The van der Waals surface area contributed by atoms with Crippen molar-refractivity contribution < 1.29 is 9.90 Å². The summed E-state index contributed by atoms with van der Waals surface area (Å²) in [7, 11) is 3.76. The van der Waals surface area contributed by atoms with Gasteiger partial charge in [-0.3, -0.25) is 9.69 Å². The number of hydrogen-bond donors (Lipinski definition) is 1. The van der Waals surface area contributed by atoms with E-state index in [1.54, 1.807) is 4.90 Å². The van der Waals surface area contributed by atoms with Crippen LogP contribution in [0.1, 0.15) is 24.1 Å². The molecule has 1 saturated carbocycles. The first kappa shape index (κ1) is 16.7. The van der Waals surface area contributed by atoms with Crippen LogP contribution in [0.3, 0.4) is 0 Å². The Hall–Kier alpha value is -0.620. The van der Waals surface area contributed by atoms with Crippen LogP contribution in [0.4, 0.5) is 0 Å². The van der Waals surface area contributed by atoms with Crippen LogP contribution < -0.4 is 0 Å². The molecule has 1 heterocycles. The lowest BCUT2D eigenvalue weighted by Crippen LogP contribution is -2.39. The molecule has 2 rings (SSSR count). The van der Waals surface area contributed by atoms with E-state index in [1.807, 2.05) is 31.1 Å². The van der Waals surface area contributed by atoms with Gasteiger partial charge >= 0.3 is 0 Å². The number of amides is 1. The van der Waals surface area contributed by atoms with Crippen molar-refractivity contribution >= 4 is 28.8 Å². The van der Waals surface area contributed by atoms with Gasteiger partial charge in [0.2, 0.25) is 5.91 Å². The van der Waals surface area contributed by atoms with Gasteiger partial charge in [-0.25, -0.2) is 0 Å².